The third kappa shape index (κ3) is 3.01. The molecule has 1 amide bonds. The summed E-state index contributed by atoms with van der Waals surface area (Å²) < 4.78 is 0. The van der Waals surface area contributed by atoms with E-state index in [0.717, 1.165) is 25.9 Å². The predicted octanol–water partition coefficient (Wildman–Crippen LogP) is 1.36. The van der Waals surface area contributed by atoms with Gasteiger partial charge in [0.15, 0.2) is 0 Å². The first-order valence-corrected chi connectivity index (χ1v) is 6.50. The summed E-state index contributed by atoms with van der Waals surface area (Å²) in [5, 5.41) is 3.56. The molecule has 0 aliphatic carbocycles. The van der Waals surface area contributed by atoms with E-state index in [1.807, 2.05) is 17.0 Å². The van der Waals surface area contributed by atoms with Gasteiger partial charge in [0.25, 0.3) is 0 Å². The van der Waals surface area contributed by atoms with Gasteiger partial charge in [0, 0.05) is 24.8 Å². The van der Waals surface area contributed by atoms with Gasteiger partial charge >= 0.3 is 0 Å². The molecule has 1 fully saturated rings. The average Bonchev–Trinajstić information content (AvgIpc) is 2.41. The normalized spacial score (nSPS) is 16.7. The number of benzene rings is 1. The quantitative estimate of drug-likeness (QED) is 0.848. The molecule has 0 saturated carbocycles. The molecule has 1 aromatic carbocycles. The van der Waals surface area contributed by atoms with Gasteiger partial charge in [0.1, 0.15) is 0 Å². The molecule has 0 aromatic heterocycles. The number of hydrogen-bond donors (Lipinski definition) is 2. The number of carbonyl (C=O) groups is 1. The van der Waals surface area contributed by atoms with E-state index in [4.69, 9.17) is 5.73 Å². The van der Waals surface area contributed by atoms with Crippen molar-refractivity contribution >= 4 is 11.6 Å². The summed E-state index contributed by atoms with van der Waals surface area (Å²) in [7, 11) is 0. The van der Waals surface area contributed by atoms with Gasteiger partial charge in [-0.15, -0.1) is 0 Å². The minimum atomic E-state index is 0.0596. The Balaban J connectivity index is 1.87. The largest absolute Gasteiger partial charge is 0.382 e. The Kier molecular flexibility index (Phi) is 4.20. The number of para-hydroxylation sites is 1. The fourth-order valence-corrected chi connectivity index (χ4v) is 2.36. The summed E-state index contributed by atoms with van der Waals surface area (Å²) in [5.74, 6) is 0.0596. The minimum Gasteiger partial charge on any atom is -0.382 e. The van der Waals surface area contributed by atoms with Crippen molar-refractivity contribution in [1.82, 2.24) is 4.90 Å². The summed E-state index contributed by atoms with van der Waals surface area (Å²) in [4.78, 5) is 13.3. The van der Waals surface area contributed by atoms with E-state index in [1.54, 1.807) is 0 Å². The number of carbonyl (C=O) groups excluding carboxylic acids is 1. The van der Waals surface area contributed by atoms with Crippen LogP contribution in [0, 0.1) is 6.92 Å². The fourth-order valence-electron chi connectivity index (χ4n) is 2.36. The summed E-state index contributed by atoms with van der Waals surface area (Å²) in [6, 6.07) is 8.75. The number of nitrogens with two attached hydrogens (primary N) is 1. The summed E-state index contributed by atoms with van der Waals surface area (Å²) in [6.45, 7) is 3.84. The first-order chi connectivity index (χ1) is 8.70. The second kappa shape index (κ2) is 5.87. The number of amides is 1. The maximum absolute atomic E-state index is 11.5. The molecule has 1 heterocycles. The molecule has 0 radical (unpaired) electrons. The first kappa shape index (κ1) is 12.9. The van der Waals surface area contributed by atoms with Crippen molar-refractivity contribution in [1.29, 1.82) is 0 Å². The van der Waals surface area contributed by atoms with Gasteiger partial charge in [-0.2, -0.15) is 0 Å². The van der Waals surface area contributed by atoms with Crippen LogP contribution in [0.2, 0.25) is 0 Å². The highest BCUT2D eigenvalue weighted by molar-refractivity contribution is 5.78. The van der Waals surface area contributed by atoms with Crippen LogP contribution in [0.4, 0.5) is 5.69 Å². The highest BCUT2D eigenvalue weighted by Gasteiger charge is 2.21. The second-order valence-electron chi connectivity index (χ2n) is 4.82. The smallest absolute Gasteiger partial charge is 0.236 e. The van der Waals surface area contributed by atoms with Crippen molar-refractivity contribution < 1.29 is 4.79 Å². The lowest BCUT2D eigenvalue weighted by Gasteiger charge is -2.33. The van der Waals surface area contributed by atoms with Crippen molar-refractivity contribution in [3.8, 4) is 0 Å². The van der Waals surface area contributed by atoms with E-state index < -0.39 is 0 Å². The van der Waals surface area contributed by atoms with Crippen molar-refractivity contribution in [3.05, 3.63) is 29.8 Å². The van der Waals surface area contributed by atoms with Crippen molar-refractivity contribution in [2.45, 2.75) is 25.8 Å². The molecule has 18 heavy (non-hydrogen) atoms. The number of rotatable bonds is 3. The summed E-state index contributed by atoms with van der Waals surface area (Å²) >= 11 is 0. The molecule has 0 spiro atoms. The maximum atomic E-state index is 11.5. The number of piperidine rings is 1. The summed E-state index contributed by atoms with van der Waals surface area (Å²) in [5.41, 5.74) is 7.83. The summed E-state index contributed by atoms with van der Waals surface area (Å²) in [6.07, 6.45) is 1.97. The molecular weight excluding hydrogens is 226 g/mol. The van der Waals surface area contributed by atoms with Crippen molar-refractivity contribution in [2.75, 3.05) is 25.0 Å². The molecule has 0 unspecified atom stereocenters. The highest BCUT2D eigenvalue weighted by Crippen LogP contribution is 2.19. The number of aryl methyl sites for hydroxylation is 1. The third-order valence-corrected chi connectivity index (χ3v) is 3.53. The Hall–Kier alpha value is -1.55. The minimum absolute atomic E-state index is 0.0596. The van der Waals surface area contributed by atoms with Gasteiger partial charge in [-0.25, -0.2) is 0 Å². The zero-order chi connectivity index (χ0) is 13.0. The Morgan fingerprint density at radius 1 is 1.39 bits per heavy atom. The van der Waals surface area contributed by atoms with Crippen LogP contribution in [-0.4, -0.2) is 36.5 Å². The van der Waals surface area contributed by atoms with Gasteiger partial charge in [-0.1, -0.05) is 18.2 Å². The van der Waals surface area contributed by atoms with Gasteiger partial charge in [-0.3, -0.25) is 4.79 Å². The molecule has 0 atom stereocenters. The Labute approximate surface area is 108 Å². The molecule has 1 aromatic rings. The topological polar surface area (TPSA) is 58.4 Å². The van der Waals surface area contributed by atoms with Crippen LogP contribution >= 0.6 is 0 Å². The predicted molar refractivity (Wildman–Crippen MR) is 73.5 cm³/mol. The van der Waals surface area contributed by atoms with Crippen LogP contribution in [0.25, 0.3) is 0 Å². The van der Waals surface area contributed by atoms with Crippen LogP contribution in [0.5, 0.6) is 0 Å². The molecule has 1 saturated heterocycles. The number of likely N-dealkylation sites (tertiary alicyclic amines) is 1. The van der Waals surface area contributed by atoms with Gasteiger partial charge in [0.2, 0.25) is 5.91 Å². The van der Waals surface area contributed by atoms with E-state index >= 15 is 0 Å². The van der Waals surface area contributed by atoms with Gasteiger partial charge in [0.05, 0.1) is 6.54 Å². The lowest BCUT2D eigenvalue weighted by Crippen LogP contribution is -2.44. The Bertz CT molecular complexity index is 411. The Morgan fingerprint density at radius 3 is 2.67 bits per heavy atom. The molecule has 98 valence electrons. The highest BCUT2D eigenvalue weighted by atomic mass is 16.2. The molecule has 1 aliphatic heterocycles. The third-order valence-electron chi connectivity index (χ3n) is 3.53. The molecule has 0 bridgehead atoms. The van der Waals surface area contributed by atoms with E-state index in [-0.39, 0.29) is 12.5 Å². The van der Waals surface area contributed by atoms with Crippen LogP contribution < -0.4 is 11.1 Å². The van der Waals surface area contributed by atoms with Crippen LogP contribution in [-0.2, 0) is 4.79 Å². The average molecular weight is 247 g/mol. The molecule has 3 N–H and O–H groups in total. The monoisotopic (exact) mass is 247 g/mol. The van der Waals surface area contributed by atoms with Crippen molar-refractivity contribution in [2.24, 2.45) is 5.73 Å². The van der Waals surface area contributed by atoms with Crippen molar-refractivity contribution in [3.63, 3.8) is 0 Å². The van der Waals surface area contributed by atoms with Crippen LogP contribution in [0.3, 0.4) is 0 Å². The van der Waals surface area contributed by atoms with E-state index in [2.05, 4.69) is 24.4 Å². The lowest BCUT2D eigenvalue weighted by atomic mass is 10.0. The van der Waals surface area contributed by atoms with Crippen LogP contribution in [0.1, 0.15) is 18.4 Å². The van der Waals surface area contributed by atoms with E-state index in [9.17, 15) is 4.79 Å². The molecule has 1 aliphatic rings. The van der Waals surface area contributed by atoms with E-state index in [1.165, 1.54) is 11.3 Å². The fraction of sp³-hybridized carbons (Fsp3) is 0.500. The number of nitrogens with zero attached hydrogens (tertiary/aromatic N) is 1. The number of nitrogens with one attached hydrogen (secondary N) is 1. The maximum Gasteiger partial charge on any atom is 0.236 e. The lowest BCUT2D eigenvalue weighted by molar-refractivity contribution is -0.130. The zero-order valence-corrected chi connectivity index (χ0v) is 10.9. The molecule has 2 rings (SSSR count). The number of anilines is 1. The van der Waals surface area contributed by atoms with Gasteiger partial charge < -0.3 is 16.0 Å². The zero-order valence-electron chi connectivity index (χ0n) is 10.9. The van der Waals surface area contributed by atoms with Gasteiger partial charge in [-0.05, 0) is 31.4 Å². The molecule has 4 nitrogen and oxygen atoms in total. The van der Waals surface area contributed by atoms with E-state index in [0.29, 0.717) is 6.04 Å². The number of hydrogen-bond acceptors (Lipinski definition) is 3. The second-order valence-corrected chi connectivity index (χ2v) is 4.82. The Morgan fingerprint density at radius 2 is 2.06 bits per heavy atom. The SMILES string of the molecule is Cc1ccccc1NC1CCN(C(=O)CN)CC1. The standard InChI is InChI=1S/C14H21N3O/c1-11-4-2-3-5-13(11)16-12-6-8-17(9-7-12)14(18)10-15/h2-5,12,16H,6-10,15H2,1H3. The molecule has 4 heteroatoms. The molecular formula is C14H21N3O. The first-order valence-electron chi connectivity index (χ1n) is 6.50. The van der Waals surface area contributed by atoms with Crippen LogP contribution in [0.15, 0.2) is 24.3 Å².